The van der Waals surface area contributed by atoms with Crippen LogP contribution in [0.25, 0.3) is 0 Å². The van der Waals surface area contributed by atoms with Gasteiger partial charge in [0, 0.05) is 24.7 Å². The van der Waals surface area contributed by atoms with Gasteiger partial charge >= 0.3 is 0 Å². The molecule has 3 N–H and O–H groups in total. The molecule has 1 amide bonds. The lowest BCUT2D eigenvalue weighted by atomic mass is 10.2. The Morgan fingerprint density at radius 3 is 2.61 bits per heavy atom. The van der Waals surface area contributed by atoms with Crippen molar-refractivity contribution in [2.45, 2.75) is 11.7 Å². The van der Waals surface area contributed by atoms with Crippen LogP contribution < -0.4 is 10.0 Å². The molecule has 6 nitrogen and oxygen atoms in total. The number of sulfonamides is 1. The highest BCUT2D eigenvalue weighted by atomic mass is 32.2. The lowest BCUT2D eigenvalue weighted by Crippen LogP contribution is -2.32. The van der Waals surface area contributed by atoms with Crippen LogP contribution in [0.4, 0.5) is 10.1 Å². The second-order valence-electron chi connectivity index (χ2n) is 4.06. The number of carbonyl (C=O) groups is 1. The van der Waals surface area contributed by atoms with Crippen LogP contribution in [-0.4, -0.2) is 31.2 Å². The van der Waals surface area contributed by atoms with E-state index in [1.54, 1.807) is 0 Å². The van der Waals surface area contributed by atoms with E-state index in [4.69, 9.17) is 10.2 Å². The molecule has 0 aliphatic carbocycles. The van der Waals surface area contributed by atoms with E-state index in [-0.39, 0.29) is 18.7 Å². The van der Waals surface area contributed by atoms with E-state index in [0.717, 1.165) is 17.0 Å². The Morgan fingerprint density at radius 1 is 1.44 bits per heavy atom. The van der Waals surface area contributed by atoms with Crippen LogP contribution in [0.1, 0.15) is 6.42 Å². The first-order chi connectivity index (χ1) is 8.29. The average molecular weight is 274 g/mol. The molecular formula is C10H11FN2O4S. The molecule has 0 saturated carbocycles. The summed E-state index contributed by atoms with van der Waals surface area (Å²) in [6, 6.07) is 3.41. The molecule has 1 aliphatic heterocycles. The van der Waals surface area contributed by atoms with Crippen molar-refractivity contribution in [3.05, 3.63) is 24.0 Å². The van der Waals surface area contributed by atoms with Crippen molar-refractivity contribution < 1.29 is 22.7 Å². The number of anilines is 1. The number of rotatable bonds is 2. The van der Waals surface area contributed by atoms with Crippen LogP contribution in [0.5, 0.6) is 5.75 Å². The Labute approximate surface area is 103 Å². The summed E-state index contributed by atoms with van der Waals surface area (Å²) in [7, 11) is -3.80. The molecule has 8 heteroatoms. The molecule has 98 valence electrons. The maximum absolute atomic E-state index is 13.2. The lowest BCUT2D eigenvalue weighted by molar-refractivity contribution is -0.117. The summed E-state index contributed by atoms with van der Waals surface area (Å²) in [6.07, 6.45) is -0.221. The first kappa shape index (κ1) is 12.8. The zero-order valence-corrected chi connectivity index (χ0v) is 10.0. The molecule has 0 bridgehead atoms. The first-order valence-corrected chi connectivity index (χ1v) is 6.70. The van der Waals surface area contributed by atoms with Crippen molar-refractivity contribution in [1.82, 2.24) is 0 Å². The monoisotopic (exact) mass is 274 g/mol. The molecule has 0 radical (unpaired) electrons. The fourth-order valence-corrected chi connectivity index (χ4v) is 2.54. The van der Waals surface area contributed by atoms with Gasteiger partial charge in [-0.1, -0.05) is 0 Å². The summed E-state index contributed by atoms with van der Waals surface area (Å²) in [4.78, 5) is 12.8. The topological polar surface area (TPSA) is 101 Å². The molecule has 1 aliphatic rings. The van der Waals surface area contributed by atoms with Crippen LogP contribution in [0.2, 0.25) is 0 Å². The number of benzene rings is 1. The van der Waals surface area contributed by atoms with E-state index in [2.05, 4.69) is 0 Å². The van der Waals surface area contributed by atoms with Gasteiger partial charge in [-0.15, -0.1) is 0 Å². The number of hydrogen-bond acceptors (Lipinski definition) is 4. The first-order valence-electron chi connectivity index (χ1n) is 5.09. The lowest BCUT2D eigenvalue weighted by Gasteiger charge is -2.16. The molecule has 1 aromatic rings. The smallest absolute Gasteiger partial charge is 0.228 e. The normalized spacial score (nSPS) is 20.4. The Morgan fingerprint density at radius 2 is 2.11 bits per heavy atom. The maximum atomic E-state index is 13.2. The molecule has 18 heavy (non-hydrogen) atoms. The van der Waals surface area contributed by atoms with E-state index in [9.17, 15) is 17.6 Å². The SMILES string of the molecule is NS(=O)(=O)C1CC(=O)N(c2ccc(O)c(F)c2)C1. The summed E-state index contributed by atoms with van der Waals surface area (Å²) >= 11 is 0. The molecule has 2 rings (SSSR count). The van der Waals surface area contributed by atoms with Crippen LogP contribution >= 0.6 is 0 Å². The molecule has 1 heterocycles. The van der Waals surface area contributed by atoms with E-state index in [1.807, 2.05) is 0 Å². The van der Waals surface area contributed by atoms with E-state index in [1.165, 1.54) is 6.07 Å². The summed E-state index contributed by atoms with van der Waals surface area (Å²) in [5, 5.41) is 13.0. The molecular weight excluding hydrogens is 263 g/mol. The quantitative estimate of drug-likeness (QED) is 0.788. The highest BCUT2D eigenvalue weighted by Gasteiger charge is 2.37. The molecule has 0 spiro atoms. The van der Waals surface area contributed by atoms with Gasteiger partial charge in [0.2, 0.25) is 15.9 Å². The molecule has 1 aromatic carbocycles. The average Bonchev–Trinajstić information content (AvgIpc) is 2.64. The van der Waals surface area contributed by atoms with Gasteiger partial charge in [-0.25, -0.2) is 17.9 Å². The third-order valence-electron chi connectivity index (χ3n) is 2.80. The van der Waals surface area contributed by atoms with E-state index >= 15 is 0 Å². The Kier molecular flexibility index (Phi) is 2.99. The van der Waals surface area contributed by atoms with E-state index < -0.39 is 32.7 Å². The maximum Gasteiger partial charge on any atom is 0.228 e. The largest absolute Gasteiger partial charge is 0.505 e. The number of nitrogens with zero attached hydrogens (tertiary/aromatic N) is 1. The Hall–Kier alpha value is -1.67. The second kappa shape index (κ2) is 4.21. The molecule has 1 saturated heterocycles. The zero-order valence-electron chi connectivity index (χ0n) is 9.21. The number of amides is 1. The predicted octanol–water partition coefficient (Wildman–Crippen LogP) is -0.0749. The van der Waals surface area contributed by atoms with Gasteiger partial charge in [-0.2, -0.15) is 0 Å². The van der Waals surface area contributed by atoms with Crippen molar-refractivity contribution in [3.63, 3.8) is 0 Å². The minimum Gasteiger partial charge on any atom is -0.505 e. The van der Waals surface area contributed by atoms with Crippen molar-refractivity contribution in [2.75, 3.05) is 11.4 Å². The van der Waals surface area contributed by atoms with Crippen molar-refractivity contribution in [3.8, 4) is 5.75 Å². The van der Waals surface area contributed by atoms with Gasteiger partial charge in [0.1, 0.15) is 5.25 Å². The number of primary sulfonamides is 1. The highest BCUT2D eigenvalue weighted by molar-refractivity contribution is 7.89. The Balaban J connectivity index is 2.30. The molecule has 1 fully saturated rings. The van der Waals surface area contributed by atoms with Crippen molar-refractivity contribution in [1.29, 1.82) is 0 Å². The highest BCUT2D eigenvalue weighted by Crippen LogP contribution is 2.27. The number of aromatic hydroxyl groups is 1. The standard InChI is InChI=1S/C10H11FN2O4S/c11-8-3-6(1-2-9(8)14)13-5-7(4-10(13)15)18(12,16)17/h1-3,7,14H,4-5H2,(H2,12,16,17). The van der Waals surface area contributed by atoms with Crippen molar-refractivity contribution in [2.24, 2.45) is 5.14 Å². The van der Waals surface area contributed by atoms with Crippen LogP contribution in [0, 0.1) is 5.82 Å². The van der Waals surface area contributed by atoms with Crippen LogP contribution in [0.15, 0.2) is 18.2 Å². The second-order valence-corrected chi connectivity index (χ2v) is 5.90. The predicted molar refractivity (Wildman–Crippen MR) is 61.9 cm³/mol. The van der Waals surface area contributed by atoms with Gasteiger partial charge < -0.3 is 10.0 Å². The summed E-state index contributed by atoms with van der Waals surface area (Å²) < 4.78 is 35.5. The molecule has 1 unspecified atom stereocenters. The van der Waals surface area contributed by atoms with E-state index in [0.29, 0.717) is 0 Å². The number of halogens is 1. The van der Waals surface area contributed by atoms with Gasteiger partial charge in [-0.3, -0.25) is 4.79 Å². The van der Waals surface area contributed by atoms with Crippen LogP contribution in [-0.2, 0) is 14.8 Å². The summed E-state index contributed by atoms with van der Waals surface area (Å²) in [6.45, 7) is -0.109. The number of phenols is 1. The van der Waals surface area contributed by atoms with Gasteiger partial charge in [0.15, 0.2) is 11.6 Å². The van der Waals surface area contributed by atoms with Gasteiger partial charge in [0.05, 0.1) is 0 Å². The fraction of sp³-hybridized carbons (Fsp3) is 0.300. The van der Waals surface area contributed by atoms with Gasteiger partial charge in [0.25, 0.3) is 0 Å². The summed E-state index contributed by atoms with van der Waals surface area (Å²) in [5.41, 5.74) is 0.196. The molecule has 0 aromatic heterocycles. The van der Waals surface area contributed by atoms with Crippen LogP contribution in [0.3, 0.4) is 0 Å². The zero-order chi connectivity index (χ0) is 13.5. The van der Waals surface area contributed by atoms with Gasteiger partial charge in [-0.05, 0) is 12.1 Å². The number of hydrogen-bond donors (Lipinski definition) is 2. The third-order valence-corrected chi connectivity index (χ3v) is 4.04. The third kappa shape index (κ3) is 2.29. The number of phenolic OH excluding ortho intramolecular Hbond substituents is 1. The Bertz CT molecular complexity index is 602. The fourth-order valence-electron chi connectivity index (χ4n) is 1.81. The number of carbonyl (C=O) groups excluding carboxylic acids is 1. The summed E-state index contributed by atoms with van der Waals surface area (Å²) in [5.74, 6) is -1.85. The minimum absolute atomic E-state index is 0.109. The molecule has 1 atom stereocenters. The van der Waals surface area contributed by atoms with Crippen molar-refractivity contribution >= 4 is 21.6 Å². The number of nitrogens with two attached hydrogens (primary N) is 1. The minimum atomic E-state index is -3.80.